The number of methoxy groups -OCH3 is 1. The Balaban J connectivity index is 0.00000264. The first-order valence-corrected chi connectivity index (χ1v) is 8.13. The number of thiophene rings is 1. The lowest BCUT2D eigenvalue weighted by atomic mass is 10.1. The van der Waals surface area contributed by atoms with Crippen LogP contribution < -0.4 is 15.4 Å². The summed E-state index contributed by atoms with van der Waals surface area (Å²) in [5.74, 6) is 1.83. The van der Waals surface area contributed by atoms with E-state index in [0.717, 1.165) is 18.2 Å². The number of hydrogen-bond donors (Lipinski definition) is 2. The monoisotopic (exact) mass is 446 g/mol. The summed E-state index contributed by atoms with van der Waals surface area (Å²) in [6, 6.07) is 7.88. The smallest absolute Gasteiger partial charge is 0.213 e. The maximum Gasteiger partial charge on any atom is 0.213 e. The normalized spacial score (nSPS) is 12.2. The van der Waals surface area contributed by atoms with Crippen molar-refractivity contribution in [1.29, 1.82) is 0 Å². The summed E-state index contributed by atoms with van der Waals surface area (Å²) in [7, 11) is 3.38. The quantitative estimate of drug-likeness (QED) is 0.407. The molecule has 0 amide bonds. The highest BCUT2D eigenvalue weighted by atomic mass is 127. The molecule has 2 aromatic rings. The van der Waals surface area contributed by atoms with Gasteiger partial charge in [0.05, 0.1) is 19.3 Å². The zero-order chi connectivity index (χ0) is 15.8. The Morgan fingerprint density at radius 2 is 2.17 bits per heavy atom. The molecule has 1 atom stereocenters. The number of rotatable bonds is 6. The first-order chi connectivity index (χ1) is 10.7. The van der Waals surface area contributed by atoms with Crippen LogP contribution in [0, 0.1) is 0 Å². The predicted molar refractivity (Wildman–Crippen MR) is 107 cm³/mol. The molecule has 2 N–H and O–H groups in total. The summed E-state index contributed by atoms with van der Waals surface area (Å²) < 4.78 is 5.12. The fourth-order valence-corrected chi connectivity index (χ4v) is 2.77. The summed E-state index contributed by atoms with van der Waals surface area (Å²) in [5.41, 5.74) is 2.26. The van der Waals surface area contributed by atoms with Gasteiger partial charge in [-0.3, -0.25) is 4.99 Å². The molecule has 2 rings (SSSR count). The third-order valence-corrected chi connectivity index (χ3v) is 4.04. The number of aromatic nitrogens is 1. The molecule has 0 saturated carbocycles. The van der Waals surface area contributed by atoms with Crippen molar-refractivity contribution < 1.29 is 4.74 Å². The van der Waals surface area contributed by atoms with Crippen LogP contribution in [-0.2, 0) is 6.54 Å². The molecule has 0 aliphatic rings. The number of ether oxygens (including phenoxy) is 1. The van der Waals surface area contributed by atoms with Gasteiger partial charge in [0, 0.05) is 19.7 Å². The minimum absolute atomic E-state index is 0. The molecule has 0 bridgehead atoms. The van der Waals surface area contributed by atoms with Crippen molar-refractivity contribution in [3.8, 4) is 5.88 Å². The fourth-order valence-electron chi connectivity index (χ4n) is 1.99. The third kappa shape index (κ3) is 6.34. The molecule has 1 unspecified atom stereocenters. The van der Waals surface area contributed by atoms with E-state index in [-0.39, 0.29) is 24.0 Å². The summed E-state index contributed by atoms with van der Waals surface area (Å²) in [5, 5.41) is 10.9. The number of guanidine groups is 1. The second-order valence-corrected chi connectivity index (χ2v) is 5.72. The standard InChI is InChI=1S/C16H22N4OS.HI/c1-12(13-7-8-22-11-13)9-18-16(17-2)19-10-14-5-4-6-15(20-14)21-3;/h4-8,11-12H,9-10H2,1-3H3,(H2,17,18,19);1H. The van der Waals surface area contributed by atoms with Crippen LogP contribution in [0.15, 0.2) is 40.0 Å². The van der Waals surface area contributed by atoms with Crippen molar-refractivity contribution in [2.75, 3.05) is 20.7 Å². The molecule has 5 nitrogen and oxygen atoms in total. The molecule has 0 aliphatic heterocycles. The molecule has 7 heteroatoms. The Morgan fingerprint density at radius 1 is 1.35 bits per heavy atom. The van der Waals surface area contributed by atoms with E-state index < -0.39 is 0 Å². The van der Waals surface area contributed by atoms with E-state index in [1.54, 1.807) is 25.5 Å². The van der Waals surface area contributed by atoms with Crippen LogP contribution in [-0.4, -0.2) is 31.6 Å². The van der Waals surface area contributed by atoms with Gasteiger partial charge < -0.3 is 15.4 Å². The van der Waals surface area contributed by atoms with Crippen molar-refractivity contribution in [2.24, 2.45) is 4.99 Å². The number of pyridine rings is 1. The lowest BCUT2D eigenvalue weighted by Gasteiger charge is -2.15. The average molecular weight is 446 g/mol. The van der Waals surface area contributed by atoms with Gasteiger partial charge in [-0.15, -0.1) is 24.0 Å². The lowest BCUT2D eigenvalue weighted by Crippen LogP contribution is -2.38. The second kappa shape index (κ2) is 10.4. The first kappa shape index (κ1) is 19.7. The maximum absolute atomic E-state index is 5.12. The molecule has 0 spiro atoms. The van der Waals surface area contributed by atoms with Crippen molar-refractivity contribution in [3.63, 3.8) is 0 Å². The summed E-state index contributed by atoms with van der Waals surface area (Å²) in [4.78, 5) is 8.60. The van der Waals surface area contributed by atoms with Gasteiger partial charge in [0.2, 0.25) is 5.88 Å². The van der Waals surface area contributed by atoms with E-state index in [4.69, 9.17) is 4.74 Å². The molecular formula is C16H23IN4OS. The summed E-state index contributed by atoms with van der Waals surface area (Å²) in [6.07, 6.45) is 0. The Labute approximate surface area is 158 Å². The van der Waals surface area contributed by atoms with Gasteiger partial charge in [-0.1, -0.05) is 13.0 Å². The van der Waals surface area contributed by atoms with Gasteiger partial charge in [-0.05, 0) is 34.4 Å². The van der Waals surface area contributed by atoms with E-state index in [2.05, 4.69) is 44.4 Å². The van der Waals surface area contributed by atoms with Gasteiger partial charge >= 0.3 is 0 Å². The molecule has 126 valence electrons. The maximum atomic E-state index is 5.12. The summed E-state index contributed by atoms with van der Waals surface area (Å²) >= 11 is 1.73. The predicted octanol–water partition coefficient (Wildman–Crippen LogP) is 3.24. The Kier molecular flexibility index (Phi) is 8.93. The zero-order valence-electron chi connectivity index (χ0n) is 13.6. The topological polar surface area (TPSA) is 58.5 Å². The van der Waals surface area contributed by atoms with E-state index in [1.165, 1.54) is 5.56 Å². The molecular weight excluding hydrogens is 423 g/mol. The number of halogens is 1. The highest BCUT2D eigenvalue weighted by Crippen LogP contribution is 2.16. The van der Waals surface area contributed by atoms with E-state index in [0.29, 0.717) is 18.3 Å². The molecule has 0 radical (unpaired) electrons. The molecule has 0 saturated heterocycles. The van der Waals surface area contributed by atoms with Gasteiger partial charge in [0.1, 0.15) is 0 Å². The molecule has 0 fully saturated rings. The van der Waals surface area contributed by atoms with Crippen molar-refractivity contribution in [1.82, 2.24) is 15.6 Å². The largest absolute Gasteiger partial charge is 0.481 e. The second-order valence-electron chi connectivity index (χ2n) is 4.94. The minimum atomic E-state index is 0. The van der Waals surface area contributed by atoms with Gasteiger partial charge in [0.25, 0.3) is 0 Å². The van der Waals surface area contributed by atoms with Gasteiger partial charge in [0.15, 0.2) is 5.96 Å². The Hall–Kier alpha value is -1.35. The van der Waals surface area contributed by atoms with Crippen LogP contribution in [0.25, 0.3) is 0 Å². The first-order valence-electron chi connectivity index (χ1n) is 7.19. The number of nitrogens with zero attached hydrogens (tertiary/aromatic N) is 2. The van der Waals surface area contributed by atoms with E-state index in [9.17, 15) is 0 Å². The van der Waals surface area contributed by atoms with Crippen molar-refractivity contribution in [3.05, 3.63) is 46.3 Å². The third-order valence-electron chi connectivity index (χ3n) is 3.34. The van der Waals surface area contributed by atoms with Crippen LogP contribution in [0.1, 0.15) is 24.1 Å². The average Bonchev–Trinajstić information content (AvgIpc) is 3.09. The lowest BCUT2D eigenvalue weighted by molar-refractivity contribution is 0.396. The Bertz CT molecular complexity index is 604. The summed E-state index contributed by atoms with van der Waals surface area (Å²) in [6.45, 7) is 3.64. The van der Waals surface area contributed by atoms with E-state index >= 15 is 0 Å². The number of nitrogens with one attached hydrogen (secondary N) is 2. The highest BCUT2D eigenvalue weighted by Gasteiger charge is 2.07. The van der Waals surface area contributed by atoms with Crippen molar-refractivity contribution >= 4 is 41.3 Å². The van der Waals surface area contributed by atoms with Crippen molar-refractivity contribution in [2.45, 2.75) is 19.4 Å². The number of hydrogen-bond acceptors (Lipinski definition) is 4. The molecule has 23 heavy (non-hydrogen) atoms. The Morgan fingerprint density at radius 3 is 2.83 bits per heavy atom. The number of aliphatic imine (C=N–C) groups is 1. The van der Waals surface area contributed by atoms with Crippen LogP contribution in [0.3, 0.4) is 0 Å². The van der Waals surface area contributed by atoms with Crippen LogP contribution in [0.4, 0.5) is 0 Å². The highest BCUT2D eigenvalue weighted by molar-refractivity contribution is 14.0. The minimum Gasteiger partial charge on any atom is -0.481 e. The fraction of sp³-hybridized carbons (Fsp3) is 0.375. The molecule has 0 aliphatic carbocycles. The molecule has 2 heterocycles. The van der Waals surface area contributed by atoms with E-state index in [1.807, 2.05) is 18.2 Å². The van der Waals surface area contributed by atoms with Crippen LogP contribution in [0.5, 0.6) is 5.88 Å². The molecule has 2 aromatic heterocycles. The van der Waals surface area contributed by atoms with Crippen LogP contribution in [0.2, 0.25) is 0 Å². The van der Waals surface area contributed by atoms with Crippen LogP contribution >= 0.6 is 35.3 Å². The zero-order valence-corrected chi connectivity index (χ0v) is 16.7. The SMILES string of the molecule is CN=C(NCc1cccc(OC)n1)NCC(C)c1ccsc1.I. The van der Waals surface area contributed by atoms with Gasteiger partial charge in [-0.25, -0.2) is 4.98 Å². The molecule has 0 aromatic carbocycles. The van der Waals surface area contributed by atoms with Gasteiger partial charge in [-0.2, -0.15) is 11.3 Å².